The summed E-state index contributed by atoms with van der Waals surface area (Å²) < 4.78 is 0. The third-order valence-electron chi connectivity index (χ3n) is 7.07. The van der Waals surface area contributed by atoms with Gasteiger partial charge < -0.3 is 10.2 Å². The first-order valence-electron chi connectivity index (χ1n) is 11.4. The van der Waals surface area contributed by atoms with Crippen LogP contribution in [0.5, 0.6) is 0 Å². The fourth-order valence-corrected chi connectivity index (χ4v) is 6.49. The minimum absolute atomic E-state index is 0.0667. The zero-order valence-electron chi connectivity index (χ0n) is 18.3. The molecule has 2 aliphatic heterocycles. The molecule has 3 aliphatic rings. The molecular weight excluding hydrogens is 460 g/mol. The van der Waals surface area contributed by atoms with Crippen LogP contribution < -0.4 is 10.6 Å². The molecule has 1 aromatic carbocycles. The Kier molecular flexibility index (Phi) is 6.16. The van der Waals surface area contributed by atoms with Crippen molar-refractivity contribution < 1.29 is 14.4 Å². The van der Waals surface area contributed by atoms with Gasteiger partial charge >= 0.3 is 6.03 Å². The van der Waals surface area contributed by atoms with Gasteiger partial charge in [-0.2, -0.15) is 0 Å². The average Bonchev–Trinajstić information content (AvgIpc) is 3.38. The summed E-state index contributed by atoms with van der Waals surface area (Å²) in [5, 5.41) is 5.86. The predicted octanol–water partition coefficient (Wildman–Crippen LogP) is 3.48. The van der Waals surface area contributed by atoms with Crippen molar-refractivity contribution in [2.45, 2.75) is 37.8 Å². The normalized spacial score (nSPS) is 25.8. The molecule has 33 heavy (non-hydrogen) atoms. The molecule has 2 saturated heterocycles. The van der Waals surface area contributed by atoms with E-state index in [1.165, 1.54) is 9.75 Å². The van der Waals surface area contributed by atoms with Crippen molar-refractivity contribution in [3.8, 4) is 10.4 Å². The number of rotatable bonds is 4. The maximum atomic E-state index is 13.1. The molecule has 174 valence electrons. The number of hydrogen-bond donors (Lipinski definition) is 2. The molecule has 0 radical (unpaired) electrons. The highest BCUT2D eigenvalue weighted by Gasteiger charge is 2.49. The van der Waals surface area contributed by atoms with Gasteiger partial charge in [-0.3, -0.25) is 19.8 Å². The van der Waals surface area contributed by atoms with Crippen molar-refractivity contribution >= 4 is 40.8 Å². The number of urea groups is 1. The molecule has 3 heterocycles. The highest BCUT2D eigenvalue weighted by molar-refractivity contribution is 7.15. The van der Waals surface area contributed by atoms with Gasteiger partial charge in [0.15, 0.2) is 0 Å². The molecule has 0 unspecified atom stereocenters. The number of carbonyl (C=O) groups excluding carboxylic acids is 3. The van der Waals surface area contributed by atoms with E-state index in [1.807, 2.05) is 29.2 Å². The molecule has 3 fully saturated rings. The van der Waals surface area contributed by atoms with E-state index in [-0.39, 0.29) is 17.7 Å². The molecule has 2 N–H and O–H groups in total. The summed E-state index contributed by atoms with van der Waals surface area (Å²) in [5.74, 6) is -0.132. The van der Waals surface area contributed by atoms with Crippen LogP contribution in [0, 0.1) is 5.92 Å². The van der Waals surface area contributed by atoms with Crippen molar-refractivity contribution in [2.75, 3.05) is 26.2 Å². The van der Waals surface area contributed by atoms with Gasteiger partial charge in [0, 0.05) is 59.0 Å². The maximum Gasteiger partial charge on any atom is 0.322 e. The number of piperazine rings is 1. The summed E-state index contributed by atoms with van der Waals surface area (Å²) in [6.45, 7) is 4.01. The average molecular weight is 487 g/mol. The summed E-state index contributed by atoms with van der Waals surface area (Å²) >= 11 is 8.10. The summed E-state index contributed by atoms with van der Waals surface area (Å²) in [7, 11) is 0. The monoisotopic (exact) mass is 486 g/mol. The third-order valence-corrected chi connectivity index (χ3v) is 8.50. The number of benzene rings is 1. The van der Waals surface area contributed by atoms with Crippen molar-refractivity contribution in [2.24, 2.45) is 5.92 Å². The van der Waals surface area contributed by atoms with E-state index in [4.69, 9.17) is 11.6 Å². The summed E-state index contributed by atoms with van der Waals surface area (Å²) in [5.41, 5.74) is 0.255. The lowest BCUT2D eigenvalue weighted by molar-refractivity contribution is -0.140. The number of thiophene rings is 1. The Hall–Kier alpha value is -2.42. The Morgan fingerprint density at radius 2 is 1.79 bits per heavy atom. The lowest BCUT2D eigenvalue weighted by Crippen LogP contribution is -2.53. The molecule has 9 heteroatoms. The van der Waals surface area contributed by atoms with Gasteiger partial charge in [-0.1, -0.05) is 29.8 Å². The Balaban J connectivity index is 1.11. The van der Waals surface area contributed by atoms with Crippen LogP contribution in [-0.4, -0.2) is 59.4 Å². The van der Waals surface area contributed by atoms with Gasteiger partial charge in [0.25, 0.3) is 5.91 Å². The molecule has 0 atom stereocenters. The second-order valence-electron chi connectivity index (χ2n) is 9.11. The van der Waals surface area contributed by atoms with E-state index in [2.05, 4.69) is 27.7 Å². The second-order valence-corrected chi connectivity index (χ2v) is 10.7. The fourth-order valence-electron chi connectivity index (χ4n) is 5.11. The predicted molar refractivity (Wildman–Crippen MR) is 128 cm³/mol. The van der Waals surface area contributed by atoms with E-state index >= 15 is 0 Å². The molecule has 1 spiro atoms. The van der Waals surface area contributed by atoms with Gasteiger partial charge in [0.2, 0.25) is 5.91 Å². The summed E-state index contributed by atoms with van der Waals surface area (Å²) in [6, 6.07) is 11.8. The number of hydrogen-bond acceptors (Lipinski definition) is 5. The SMILES string of the molecule is O=C1NC(=O)C2(CCC(C(=O)N3CCN(Cc4ccc(-c5ccccc5Cl)s4)CC3)CC2)N1. The minimum Gasteiger partial charge on any atom is -0.340 e. The van der Waals surface area contributed by atoms with Crippen molar-refractivity contribution in [3.63, 3.8) is 0 Å². The van der Waals surface area contributed by atoms with Crippen molar-refractivity contribution in [3.05, 3.63) is 46.3 Å². The van der Waals surface area contributed by atoms with Gasteiger partial charge in [-0.15, -0.1) is 11.3 Å². The molecule has 1 aromatic heterocycles. The van der Waals surface area contributed by atoms with Crippen molar-refractivity contribution in [1.82, 2.24) is 20.4 Å². The van der Waals surface area contributed by atoms with Gasteiger partial charge in [0.05, 0.1) is 0 Å². The topological polar surface area (TPSA) is 81.8 Å². The second kappa shape index (κ2) is 9.08. The van der Waals surface area contributed by atoms with E-state index in [9.17, 15) is 14.4 Å². The molecule has 7 nitrogen and oxygen atoms in total. The largest absolute Gasteiger partial charge is 0.340 e. The Morgan fingerprint density at radius 3 is 2.45 bits per heavy atom. The zero-order valence-corrected chi connectivity index (χ0v) is 19.9. The van der Waals surface area contributed by atoms with Crippen molar-refractivity contribution in [1.29, 1.82) is 0 Å². The third kappa shape index (κ3) is 4.52. The number of halogens is 1. The molecule has 1 saturated carbocycles. The van der Waals surface area contributed by atoms with E-state index in [1.54, 1.807) is 11.3 Å². The molecule has 5 rings (SSSR count). The molecule has 4 amide bonds. The van der Waals surface area contributed by atoms with Crippen LogP contribution in [-0.2, 0) is 16.1 Å². The minimum atomic E-state index is -0.809. The molecule has 1 aliphatic carbocycles. The van der Waals surface area contributed by atoms with Crippen LogP contribution in [0.3, 0.4) is 0 Å². The van der Waals surface area contributed by atoms with Crippen LogP contribution in [0.1, 0.15) is 30.6 Å². The summed E-state index contributed by atoms with van der Waals surface area (Å²) in [4.78, 5) is 43.5. The number of carbonyl (C=O) groups is 3. The summed E-state index contributed by atoms with van der Waals surface area (Å²) in [6.07, 6.45) is 2.31. The fraction of sp³-hybridized carbons (Fsp3) is 0.458. The lowest BCUT2D eigenvalue weighted by atomic mass is 9.76. The van der Waals surface area contributed by atoms with E-state index < -0.39 is 11.6 Å². The van der Waals surface area contributed by atoms with Crippen LogP contribution in [0.2, 0.25) is 5.02 Å². The Labute approximate surface area is 202 Å². The quantitative estimate of drug-likeness (QED) is 0.648. The van der Waals surface area contributed by atoms with Gasteiger partial charge in [-0.05, 0) is 43.9 Å². The number of imide groups is 1. The number of nitrogens with one attached hydrogen (secondary N) is 2. The number of nitrogens with zero attached hydrogens (tertiary/aromatic N) is 2. The van der Waals surface area contributed by atoms with Crippen LogP contribution in [0.4, 0.5) is 4.79 Å². The van der Waals surface area contributed by atoms with Gasteiger partial charge in [-0.25, -0.2) is 4.79 Å². The van der Waals surface area contributed by atoms with Gasteiger partial charge in [0.1, 0.15) is 5.54 Å². The highest BCUT2D eigenvalue weighted by atomic mass is 35.5. The van der Waals surface area contributed by atoms with Crippen LogP contribution in [0.15, 0.2) is 36.4 Å². The molecule has 2 aromatic rings. The first kappa shape index (κ1) is 22.4. The Morgan fingerprint density at radius 1 is 1.06 bits per heavy atom. The first-order valence-corrected chi connectivity index (χ1v) is 12.6. The van der Waals surface area contributed by atoms with E-state index in [0.29, 0.717) is 25.7 Å². The smallest absolute Gasteiger partial charge is 0.322 e. The lowest BCUT2D eigenvalue weighted by Gasteiger charge is -2.39. The zero-order chi connectivity index (χ0) is 23.0. The Bertz CT molecular complexity index is 1070. The maximum absolute atomic E-state index is 13.1. The van der Waals surface area contributed by atoms with Crippen LogP contribution in [0.25, 0.3) is 10.4 Å². The standard InChI is InChI=1S/C24H27ClN4O3S/c25-19-4-2-1-3-18(19)20-6-5-17(33-20)15-28-11-13-29(14-12-28)21(30)16-7-9-24(10-8-16)22(31)26-23(32)27-24/h1-6,16H,7-15H2,(H2,26,27,31,32). The first-order chi connectivity index (χ1) is 15.9. The van der Waals surface area contributed by atoms with E-state index in [0.717, 1.165) is 43.3 Å². The number of amides is 4. The van der Waals surface area contributed by atoms with Crippen LogP contribution >= 0.6 is 22.9 Å². The molecular formula is C24H27ClN4O3S. The highest BCUT2D eigenvalue weighted by Crippen LogP contribution is 2.36. The molecule has 0 bridgehead atoms.